The molecule has 1 unspecified atom stereocenters. The van der Waals surface area contributed by atoms with Gasteiger partial charge in [-0.3, -0.25) is 4.79 Å². The van der Waals surface area contributed by atoms with E-state index < -0.39 is 11.8 Å². The van der Waals surface area contributed by atoms with Crippen LogP contribution in [0.15, 0.2) is 30.9 Å². The second-order valence-electron chi connectivity index (χ2n) is 5.69. The van der Waals surface area contributed by atoms with Gasteiger partial charge in [-0.15, -0.1) is 0 Å². The molecule has 0 aliphatic heterocycles. The van der Waals surface area contributed by atoms with Gasteiger partial charge in [-0.25, -0.2) is 9.67 Å². The highest BCUT2D eigenvalue weighted by Gasteiger charge is 2.27. The third kappa shape index (κ3) is 4.61. The lowest BCUT2D eigenvalue weighted by molar-refractivity contribution is -0.134. The van der Waals surface area contributed by atoms with E-state index in [9.17, 15) is 4.79 Å². The predicted molar refractivity (Wildman–Crippen MR) is 84.0 cm³/mol. The largest absolute Gasteiger partial charge is 0.459 e. The number of nitrogens with one attached hydrogen (secondary N) is 1. The van der Waals surface area contributed by atoms with Crippen LogP contribution in [0.25, 0.3) is 0 Å². The van der Waals surface area contributed by atoms with Gasteiger partial charge in [0.1, 0.15) is 18.4 Å². The Kier molecular flexibility index (Phi) is 4.93. The quantitative estimate of drug-likeness (QED) is 0.926. The molecule has 1 aromatic carbocycles. The van der Waals surface area contributed by atoms with Crippen LogP contribution in [0.5, 0.6) is 5.75 Å². The zero-order valence-corrected chi connectivity index (χ0v) is 13.9. The van der Waals surface area contributed by atoms with Gasteiger partial charge in [0.15, 0.2) is 0 Å². The highest BCUT2D eigenvalue weighted by atomic mass is 35.5. The maximum Gasteiger partial charge on any atom is 0.285 e. The van der Waals surface area contributed by atoms with Gasteiger partial charge in [-0.1, -0.05) is 23.2 Å². The zero-order chi connectivity index (χ0) is 16.3. The van der Waals surface area contributed by atoms with Crippen LogP contribution in [0.4, 0.5) is 0 Å². The van der Waals surface area contributed by atoms with E-state index in [-0.39, 0.29) is 5.91 Å². The molecule has 0 aliphatic rings. The number of hydrogen-bond acceptors (Lipinski definition) is 4. The van der Waals surface area contributed by atoms with Gasteiger partial charge in [-0.2, -0.15) is 5.10 Å². The minimum absolute atomic E-state index is 0.353. The summed E-state index contributed by atoms with van der Waals surface area (Å²) in [6.45, 7) is 5.62. The van der Waals surface area contributed by atoms with Gasteiger partial charge in [0.05, 0.1) is 0 Å². The van der Waals surface area contributed by atoms with Crippen molar-refractivity contribution in [2.45, 2.75) is 32.5 Å². The average Bonchev–Trinajstić information content (AvgIpc) is 2.85. The van der Waals surface area contributed by atoms with Gasteiger partial charge in [0, 0.05) is 15.6 Å². The maximum absolute atomic E-state index is 12.4. The molecule has 6 nitrogen and oxygen atoms in total. The smallest absolute Gasteiger partial charge is 0.285 e. The van der Waals surface area contributed by atoms with E-state index in [1.165, 1.54) is 17.3 Å². The van der Waals surface area contributed by atoms with Crippen molar-refractivity contribution in [3.8, 4) is 5.75 Å². The number of carbonyl (C=O) groups excluding carboxylic acids is 1. The maximum atomic E-state index is 12.4. The van der Waals surface area contributed by atoms with E-state index >= 15 is 0 Å². The fourth-order valence-electron chi connectivity index (χ4n) is 1.72. The van der Waals surface area contributed by atoms with E-state index in [2.05, 4.69) is 15.4 Å². The molecule has 0 spiro atoms. The predicted octanol–water partition coefficient (Wildman–Crippen LogP) is 3.08. The van der Waals surface area contributed by atoms with Crippen molar-refractivity contribution in [1.29, 1.82) is 0 Å². The number of hydrogen-bond donors (Lipinski definition) is 1. The molecule has 0 bridgehead atoms. The molecule has 0 radical (unpaired) electrons. The lowest BCUT2D eigenvalue weighted by atomic mass is 10.1. The van der Waals surface area contributed by atoms with E-state index in [4.69, 9.17) is 27.9 Å². The van der Waals surface area contributed by atoms with E-state index in [0.29, 0.717) is 15.8 Å². The number of carbonyl (C=O) groups is 1. The summed E-state index contributed by atoms with van der Waals surface area (Å²) in [6.07, 6.45) is 1.71. The van der Waals surface area contributed by atoms with Crippen molar-refractivity contribution < 1.29 is 9.53 Å². The van der Waals surface area contributed by atoms with Gasteiger partial charge in [-0.05, 0) is 39.0 Å². The van der Waals surface area contributed by atoms with Crippen LogP contribution >= 0.6 is 23.2 Å². The summed E-state index contributed by atoms with van der Waals surface area (Å²) in [7, 11) is 0. The summed E-state index contributed by atoms with van der Waals surface area (Å²) in [5.74, 6) is 0.0103. The first-order valence-corrected chi connectivity index (χ1v) is 7.29. The van der Waals surface area contributed by atoms with Crippen LogP contribution in [0.2, 0.25) is 10.0 Å². The van der Waals surface area contributed by atoms with Gasteiger partial charge in [0.25, 0.3) is 12.1 Å². The van der Waals surface area contributed by atoms with Crippen LogP contribution in [0.1, 0.15) is 27.0 Å². The molecule has 118 valence electrons. The second kappa shape index (κ2) is 6.54. The summed E-state index contributed by atoms with van der Waals surface area (Å²) in [6, 6.07) is 4.72. The Bertz CT molecular complexity index is 633. The lowest BCUT2D eigenvalue weighted by Crippen LogP contribution is -2.46. The summed E-state index contributed by atoms with van der Waals surface area (Å²) >= 11 is 11.9. The van der Waals surface area contributed by atoms with Crippen molar-refractivity contribution in [3.05, 3.63) is 40.9 Å². The Morgan fingerprint density at radius 1 is 1.27 bits per heavy atom. The summed E-state index contributed by atoms with van der Waals surface area (Å²) < 4.78 is 7.02. The minimum Gasteiger partial charge on any atom is -0.459 e. The van der Waals surface area contributed by atoms with Crippen LogP contribution in [0.3, 0.4) is 0 Å². The first-order chi connectivity index (χ1) is 10.2. The normalized spacial score (nSPS) is 12.8. The highest BCUT2D eigenvalue weighted by molar-refractivity contribution is 6.34. The molecule has 0 fully saturated rings. The van der Waals surface area contributed by atoms with Gasteiger partial charge >= 0.3 is 0 Å². The minimum atomic E-state index is -1.02. The lowest BCUT2D eigenvalue weighted by Gasteiger charge is -2.25. The molecule has 0 saturated heterocycles. The van der Waals surface area contributed by atoms with E-state index in [1.807, 2.05) is 20.8 Å². The molecule has 1 N–H and O–H groups in total. The van der Waals surface area contributed by atoms with Crippen molar-refractivity contribution in [2.24, 2.45) is 0 Å². The van der Waals surface area contributed by atoms with Gasteiger partial charge < -0.3 is 10.1 Å². The fourth-order valence-corrected chi connectivity index (χ4v) is 2.23. The molecule has 1 heterocycles. The molecule has 22 heavy (non-hydrogen) atoms. The Morgan fingerprint density at radius 3 is 2.41 bits per heavy atom. The molecule has 8 heteroatoms. The standard InChI is InChI=1S/C14H16Cl2N4O2/c1-14(2,3)19-12(21)13(20-8-17-7-18-20)22-11-5-9(15)4-10(16)6-11/h4-8,13H,1-3H3,(H,19,21). The Labute approximate surface area is 138 Å². The Morgan fingerprint density at radius 2 is 1.91 bits per heavy atom. The average molecular weight is 343 g/mol. The molecular formula is C14H16Cl2N4O2. The first kappa shape index (κ1) is 16.6. The molecule has 2 aromatic rings. The number of rotatable bonds is 4. The topological polar surface area (TPSA) is 69.0 Å². The Hall–Kier alpha value is -1.79. The van der Waals surface area contributed by atoms with Crippen molar-refractivity contribution >= 4 is 29.1 Å². The molecule has 1 atom stereocenters. The second-order valence-corrected chi connectivity index (χ2v) is 6.56. The van der Waals surface area contributed by atoms with Crippen LogP contribution < -0.4 is 10.1 Å². The third-order valence-electron chi connectivity index (χ3n) is 2.48. The Balaban J connectivity index is 2.27. The van der Waals surface area contributed by atoms with Crippen LogP contribution in [-0.2, 0) is 4.79 Å². The van der Waals surface area contributed by atoms with Gasteiger partial charge in [0.2, 0.25) is 0 Å². The molecular weight excluding hydrogens is 327 g/mol. The molecule has 0 aliphatic carbocycles. The molecule has 1 amide bonds. The van der Waals surface area contributed by atoms with E-state index in [0.717, 1.165) is 0 Å². The molecule has 1 aromatic heterocycles. The molecule has 2 rings (SSSR count). The fraction of sp³-hybridized carbons (Fsp3) is 0.357. The number of amides is 1. The van der Waals surface area contributed by atoms with Crippen molar-refractivity contribution in [2.75, 3.05) is 0 Å². The van der Waals surface area contributed by atoms with E-state index in [1.54, 1.807) is 18.2 Å². The number of benzene rings is 1. The highest BCUT2D eigenvalue weighted by Crippen LogP contribution is 2.26. The van der Waals surface area contributed by atoms with Crippen LogP contribution in [0, 0.1) is 0 Å². The number of halogens is 2. The third-order valence-corrected chi connectivity index (χ3v) is 2.92. The van der Waals surface area contributed by atoms with Crippen molar-refractivity contribution in [3.63, 3.8) is 0 Å². The summed E-state index contributed by atoms with van der Waals surface area (Å²) in [5, 5.41) is 7.63. The van der Waals surface area contributed by atoms with Crippen molar-refractivity contribution in [1.82, 2.24) is 20.1 Å². The zero-order valence-electron chi connectivity index (χ0n) is 12.4. The number of nitrogens with zero attached hydrogens (tertiary/aromatic N) is 3. The monoisotopic (exact) mass is 342 g/mol. The number of ether oxygens (including phenoxy) is 1. The summed E-state index contributed by atoms with van der Waals surface area (Å²) in [4.78, 5) is 16.3. The van der Waals surface area contributed by atoms with Crippen LogP contribution in [-0.4, -0.2) is 26.2 Å². The summed E-state index contributed by atoms with van der Waals surface area (Å²) in [5.41, 5.74) is -0.411. The molecule has 0 saturated carbocycles. The first-order valence-electron chi connectivity index (χ1n) is 6.53. The SMILES string of the molecule is CC(C)(C)NC(=O)C(Oc1cc(Cl)cc(Cl)c1)n1cncn1. The number of aromatic nitrogens is 3.